The lowest BCUT2D eigenvalue weighted by Crippen LogP contribution is -2.46. The van der Waals surface area contributed by atoms with Crippen molar-refractivity contribution in [3.8, 4) is 0 Å². The summed E-state index contributed by atoms with van der Waals surface area (Å²) in [5.74, 6) is 5.45. The van der Waals surface area contributed by atoms with Crippen LogP contribution in [-0.4, -0.2) is 79.6 Å². The first-order valence-corrected chi connectivity index (χ1v) is 7.23. The zero-order valence-electron chi connectivity index (χ0n) is 11.9. The molecule has 0 aromatic rings. The predicted octanol–water partition coefficient (Wildman–Crippen LogP) is -0.495. The second-order valence-electron chi connectivity index (χ2n) is 5.61. The van der Waals surface area contributed by atoms with Crippen LogP contribution in [0, 0.1) is 0 Å². The summed E-state index contributed by atoms with van der Waals surface area (Å²) in [6, 6.07) is 0. The maximum atomic E-state index is 12.1. The summed E-state index contributed by atoms with van der Waals surface area (Å²) < 4.78 is 0. The highest BCUT2D eigenvalue weighted by molar-refractivity contribution is 5.76. The number of hydrogen-bond donors (Lipinski definition) is 1. The Bertz CT molecular complexity index is 284. The zero-order chi connectivity index (χ0) is 13.7. The van der Waals surface area contributed by atoms with Gasteiger partial charge in [0, 0.05) is 52.2 Å². The fraction of sp³-hybridized carbons (Fsp3) is 0.923. The van der Waals surface area contributed by atoms with Crippen LogP contribution in [-0.2, 0) is 9.63 Å². The number of amides is 1. The van der Waals surface area contributed by atoms with Crippen molar-refractivity contribution in [1.82, 2.24) is 14.7 Å². The monoisotopic (exact) mass is 270 g/mol. The van der Waals surface area contributed by atoms with E-state index in [1.54, 1.807) is 0 Å². The topological polar surface area (TPSA) is 62.0 Å². The van der Waals surface area contributed by atoms with E-state index in [1.807, 2.05) is 4.90 Å². The van der Waals surface area contributed by atoms with Gasteiger partial charge in [-0.15, -0.1) is 0 Å². The van der Waals surface area contributed by atoms with Gasteiger partial charge in [-0.05, 0) is 19.9 Å². The summed E-state index contributed by atoms with van der Waals surface area (Å²) in [6.07, 6.45) is 2.48. The van der Waals surface area contributed by atoms with Gasteiger partial charge in [0.25, 0.3) is 0 Å². The summed E-state index contributed by atoms with van der Waals surface area (Å²) >= 11 is 0. The Kier molecular flexibility index (Phi) is 5.57. The molecule has 0 bridgehead atoms. The number of piperidine rings is 1. The van der Waals surface area contributed by atoms with E-state index < -0.39 is 0 Å². The summed E-state index contributed by atoms with van der Waals surface area (Å²) in [5, 5.41) is 0. The van der Waals surface area contributed by atoms with Gasteiger partial charge in [0.15, 0.2) is 0 Å². The molecule has 19 heavy (non-hydrogen) atoms. The van der Waals surface area contributed by atoms with Crippen LogP contribution >= 0.6 is 0 Å². The molecule has 0 radical (unpaired) electrons. The van der Waals surface area contributed by atoms with Gasteiger partial charge in [0.05, 0.1) is 6.10 Å². The minimum atomic E-state index is 0.127. The van der Waals surface area contributed by atoms with E-state index >= 15 is 0 Å². The molecule has 0 spiro atoms. The molecule has 0 aromatic carbocycles. The summed E-state index contributed by atoms with van der Waals surface area (Å²) in [5.41, 5.74) is 0. The van der Waals surface area contributed by atoms with Gasteiger partial charge in [0.1, 0.15) is 0 Å². The molecule has 1 amide bonds. The van der Waals surface area contributed by atoms with Gasteiger partial charge in [-0.1, -0.05) is 0 Å². The van der Waals surface area contributed by atoms with Gasteiger partial charge in [-0.3, -0.25) is 4.79 Å². The van der Waals surface area contributed by atoms with E-state index in [4.69, 9.17) is 10.7 Å². The molecule has 2 saturated heterocycles. The van der Waals surface area contributed by atoms with Crippen LogP contribution in [0.1, 0.15) is 19.3 Å². The summed E-state index contributed by atoms with van der Waals surface area (Å²) in [6.45, 7) is 6.81. The van der Waals surface area contributed by atoms with Crippen molar-refractivity contribution >= 4 is 5.91 Å². The predicted molar refractivity (Wildman–Crippen MR) is 73.4 cm³/mol. The number of piperazine rings is 1. The average molecular weight is 270 g/mol. The molecular formula is C13H26N4O2. The van der Waals surface area contributed by atoms with Crippen molar-refractivity contribution in [3.63, 3.8) is 0 Å². The lowest BCUT2D eigenvalue weighted by Gasteiger charge is -2.34. The van der Waals surface area contributed by atoms with Crippen LogP contribution in [0.3, 0.4) is 0 Å². The molecule has 2 aliphatic rings. The second-order valence-corrected chi connectivity index (χ2v) is 5.61. The highest BCUT2D eigenvalue weighted by Crippen LogP contribution is 2.13. The number of carbonyl (C=O) groups is 1. The van der Waals surface area contributed by atoms with Crippen molar-refractivity contribution in [2.75, 3.05) is 52.9 Å². The lowest BCUT2D eigenvalue weighted by atomic mass is 10.1. The molecule has 0 unspecified atom stereocenters. The van der Waals surface area contributed by atoms with E-state index in [-0.39, 0.29) is 12.0 Å². The number of nitrogens with two attached hydrogens (primary N) is 1. The molecule has 6 nitrogen and oxygen atoms in total. The fourth-order valence-electron chi connectivity index (χ4n) is 2.72. The molecule has 0 saturated carbocycles. The first kappa shape index (κ1) is 14.7. The van der Waals surface area contributed by atoms with Gasteiger partial charge < -0.3 is 19.5 Å². The summed E-state index contributed by atoms with van der Waals surface area (Å²) in [7, 11) is 2.14. The van der Waals surface area contributed by atoms with Crippen LogP contribution in [0.2, 0.25) is 0 Å². The standard InChI is InChI=1S/C13H26N4O2/c1-15-8-10-16(11-9-15)5-4-13(18)17-6-2-12(19-14)3-7-17/h12H,2-11,14H2,1H3. The number of nitrogens with zero attached hydrogens (tertiary/aromatic N) is 3. The number of hydrogen-bond acceptors (Lipinski definition) is 5. The maximum Gasteiger partial charge on any atom is 0.223 e. The van der Waals surface area contributed by atoms with E-state index in [0.29, 0.717) is 6.42 Å². The van der Waals surface area contributed by atoms with E-state index in [0.717, 1.165) is 58.7 Å². The van der Waals surface area contributed by atoms with Crippen LogP contribution < -0.4 is 5.90 Å². The van der Waals surface area contributed by atoms with Crippen molar-refractivity contribution in [2.24, 2.45) is 5.90 Å². The Morgan fingerprint density at radius 3 is 2.37 bits per heavy atom. The number of carbonyl (C=O) groups excluding carboxylic acids is 1. The number of rotatable bonds is 4. The molecule has 0 aliphatic carbocycles. The molecule has 2 rings (SSSR count). The van der Waals surface area contributed by atoms with Crippen molar-refractivity contribution < 1.29 is 9.63 Å². The Balaban J connectivity index is 1.64. The Morgan fingerprint density at radius 1 is 1.16 bits per heavy atom. The molecule has 0 aromatic heterocycles. The van der Waals surface area contributed by atoms with Crippen molar-refractivity contribution in [2.45, 2.75) is 25.4 Å². The molecule has 2 fully saturated rings. The number of likely N-dealkylation sites (N-methyl/N-ethyl adjacent to an activating group) is 1. The third kappa shape index (κ3) is 4.42. The molecule has 2 heterocycles. The fourth-order valence-corrected chi connectivity index (χ4v) is 2.72. The minimum absolute atomic E-state index is 0.127. The average Bonchev–Trinajstić information content (AvgIpc) is 2.46. The van der Waals surface area contributed by atoms with Crippen LogP contribution in [0.15, 0.2) is 0 Å². The first-order valence-electron chi connectivity index (χ1n) is 7.23. The van der Waals surface area contributed by atoms with Gasteiger partial charge in [-0.25, -0.2) is 5.90 Å². The maximum absolute atomic E-state index is 12.1. The molecule has 6 heteroatoms. The molecule has 0 atom stereocenters. The third-order valence-corrected chi connectivity index (χ3v) is 4.22. The SMILES string of the molecule is CN1CCN(CCC(=O)N2CCC(ON)CC2)CC1. The second kappa shape index (κ2) is 7.19. The largest absolute Gasteiger partial charge is 0.342 e. The van der Waals surface area contributed by atoms with E-state index in [1.165, 1.54) is 0 Å². The van der Waals surface area contributed by atoms with Crippen LogP contribution in [0.4, 0.5) is 0 Å². The smallest absolute Gasteiger partial charge is 0.223 e. The Morgan fingerprint density at radius 2 is 1.79 bits per heavy atom. The van der Waals surface area contributed by atoms with Crippen LogP contribution in [0.5, 0.6) is 0 Å². The first-order chi connectivity index (χ1) is 9.19. The van der Waals surface area contributed by atoms with Gasteiger partial charge >= 0.3 is 0 Å². The third-order valence-electron chi connectivity index (χ3n) is 4.22. The Hall–Kier alpha value is -0.690. The minimum Gasteiger partial charge on any atom is -0.342 e. The number of likely N-dealkylation sites (tertiary alicyclic amines) is 1. The highest BCUT2D eigenvalue weighted by Gasteiger charge is 2.23. The van der Waals surface area contributed by atoms with Gasteiger partial charge in [-0.2, -0.15) is 0 Å². The zero-order valence-corrected chi connectivity index (χ0v) is 11.9. The quantitative estimate of drug-likeness (QED) is 0.698. The highest BCUT2D eigenvalue weighted by atomic mass is 16.6. The summed E-state index contributed by atoms with van der Waals surface area (Å²) in [4.78, 5) is 23.6. The lowest BCUT2D eigenvalue weighted by molar-refractivity contribution is -0.134. The molecule has 110 valence electrons. The van der Waals surface area contributed by atoms with E-state index in [2.05, 4.69) is 16.8 Å². The van der Waals surface area contributed by atoms with Gasteiger partial charge in [0.2, 0.25) is 5.91 Å². The molecule has 2 aliphatic heterocycles. The van der Waals surface area contributed by atoms with Crippen LogP contribution in [0.25, 0.3) is 0 Å². The Labute approximate surface area is 115 Å². The molecular weight excluding hydrogens is 244 g/mol. The van der Waals surface area contributed by atoms with E-state index in [9.17, 15) is 4.79 Å². The normalized spacial score (nSPS) is 23.8. The van der Waals surface area contributed by atoms with Crippen molar-refractivity contribution in [3.05, 3.63) is 0 Å². The molecule has 2 N–H and O–H groups in total. The van der Waals surface area contributed by atoms with Crippen molar-refractivity contribution in [1.29, 1.82) is 0 Å².